The molecule has 0 aromatic carbocycles. The van der Waals surface area contributed by atoms with Gasteiger partial charge in [0.25, 0.3) is 0 Å². The molecule has 2 heterocycles. The first-order valence-electron chi connectivity index (χ1n) is 12.8. The molecule has 2 aliphatic rings. The highest BCUT2D eigenvalue weighted by molar-refractivity contribution is 7.91. The third kappa shape index (κ3) is 13.0. The molecule has 0 unspecified atom stereocenters. The van der Waals surface area contributed by atoms with E-state index in [-0.39, 0.29) is 42.5 Å². The molecule has 0 aromatic rings. The van der Waals surface area contributed by atoms with Crippen molar-refractivity contribution < 1.29 is 26.4 Å². The van der Waals surface area contributed by atoms with Crippen LogP contribution in [0.15, 0.2) is 0 Å². The lowest BCUT2D eigenvalue weighted by Gasteiger charge is -2.29. The van der Waals surface area contributed by atoms with Crippen LogP contribution < -0.4 is 10.6 Å². The first-order chi connectivity index (χ1) is 16.4. The van der Waals surface area contributed by atoms with Gasteiger partial charge in [-0.2, -0.15) is 0 Å². The zero-order valence-corrected chi connectivity index (χ0v) is 23.0. The first-order valence-corrected chi connectivity index (χ1v) is 16.5. The van der Waals surface area contributed by atoms with E-state index in [1.807, 2.05) is 0 Å². The van der Waals surface area contributed by atoms with E-state index >= 15 is 0 Å². The summed E-state index contributed by atoms with van der Waals surface area (Å²) in [5.74, 6) is 0.0485. The Morgan fingerprint density at radius 3 is 1.34 bits per heavy atom. The van der Waals surface area contributed by atoms with E-state index in [1.54, 1.807) is 0 Å². The molecule has 204 valence electrons. The average Bonchev–Trinajstić information content (AvgIpc) is 2.81. The summed E-state index contributed by atoms with van der Waals surface area (Å²) < 4.78 is 48.9. The summed E-state index contributed by atoms with van der Waals surface area (Å²) in [5, 5.41) is 4.93. The Kier molecular flexibility index (Phi) is 12.4. The molecule has 2 saturated heterocycles. The van der Waals surface area contributed by atoms with E-state index in [2.05, 4.69) is 34.3 Å². The van der Waals surface area contributed by atoms with Gasteiger partial charge in [-0.1, -0.05) is 13.8 Å². The molecule has 0 saturated carbocycles. The maximum absolute atomic E-state index is 12.2. The molecule has 0 aliphatic carbocycles. The lowest BCUT2D eigenvalue weighted by Crippen LogP contribution is -2.39. The predicted molar refractivity (Wildman–Crippen MR) is 137 cm³/mol. The molecule has 2 aliphatic heterocycles. The van der Waals surface area contributed by atoms with E-state index in [9.17, 15) is 26.4 Å². The van der Waals surface area contributed by atoms with Gasteiger partial charge in [-0.15, -0.1) is 0 Å². The van der Waals surface area contributed by atoms with Crippen molar-refractivity contribution in [1.82, 2.24) is 20.4 Å². The van der Waals surface area contributed by atoms with E-state index in [1.165, 1.54) is 0 Å². The van der Waals surface area contributed by atoms with Crippen molar-refractivity contribution >= 4 is 31.5 Å². The Balaban J connectivity index is 1.54. The van der Waals surface area contributed by atoms with Gasteiger partial charge in [-0.3, -0.25) is 9.59 Å². The zero-order chi connectivity index (χ0) is 25.9. The van der Waals surface area contributed by atoms with E-state index < -0.39 is 31.5 Å². The van der Waals surface area contributed by atoms with Gasteiger partial charge in [0, 0.05) is 25.9 Å². The average molecular weight is 537 g/mol. The quantitative estimate of drug-likeness (QED) is 0.302. The van der Waals surface area contributed by atoms with Gasteiger partial charge in [0.05, 0.1) is 29.7 Å². The van der Waals surface area contributed by atoms with Crippen molar-refractivity contribution in [1.29, 1.82) is 0 Å². The lowest BCUT2D eigenvalue weighted by molar-refractivity contribution is -0.122. The number of nitrogens with zero attached hydrogens (tertiary/aromatic N) is 2. The highest BCUT2D eigenvalue weighted by Gasteiger charge is 2.21. The van der Waals surface area contributed by atoms with E-state index in [0.29, 0.717) is 24.9 Å². The largest absolute Gasteiger partial charge is 0.339 e. The lowest BCUT2D eigenvalue weighted by atomic mass is 9.99. The summed E-state index contributed by atoms with van der Waals surface area (Å²) in [6, 6.07) is 0. The molecule has 2 N–H and O–H groups in total. The van der Waals surface area contributed by atoms with Gasteiger partial charge < -0.3 is 20.4 Å². The number of amides is 2. The molecule has 0 bridgehead atoms. The fraction of sp³-hybridized carbons (Fsp3) is 0.913. The summed E-state index contributed by atoms with van der Waals surface area (Å²) >= 11 is 0. The minimum atomic E-state index is -3.33. The summed E-state index contributed by atoms with van der Waals surface area (Å²) in [6.45, 7) is 8.89. The molecule has 10 nitrogen and oxygen atoms in total. The normalized spacial score (nSPS) is 19.5. The van der Waals surface area contributed by atoms with Gasteiger partial charge >= 0.3 is 0 Å². The number of piperidine rings is 2. The summed E-state index contributed by atoms with van der Waals surface area (Å²) in [4.78, 5) is 28.2. The molecule has 2 amide bonds. The maximum Gasteiger partial charge on any atom is 0.222 e. The smallest absolute Gasteiger partial charge is 0.222 e. The number of rotatable bonds is 14. The van der Waals surface area contributed by atoms with Crippen LogP contribution in [-0.2, 0) is 29.3 Å². The van der Waals surface area contributed by atoms with E-state index in [0.717, 1.165) is 51.9 Å². The van der Waals surface area contributed by atoms with Crippen LogP contribution in [0.2, 0.25) is 0 Å². The number of carbonyl (C=O) groups is 2. The monoisotopic (exact) mass is 536 g/mol. The molecular formula is C23H44N4O6S2. The SMILES string of the molecule is CC1CCN(CCS(=O)(=O)CCC(=O)NCNC(=O)CCS(=O)(=O)CCN2CCC(C)CC2)CC1. The molecule has 0 aromatic heterocycles. The predicted octanol–water partition coefficient (Wildman–Crippen LogP) is 0.250. The van der Waals surface area contributed by atoms with Gasteiger partial charge in [0.2, 0.25) is 11.8 Å². The number of sulfone groups is 2. The minimum Gasteiger partial charge on any atom is -0.339 e. The molecule has 0 spiro atoms. The molecule has 12 heteroatoms. The Labute approximate surface area is 211 Å². The molecule has 2 fully saturated rings. The Morgan fingerprint density at radius 2 is 1.00 bits per heavy atom. The summed E-state index contributed by atoms with van der Waals surface area (Å²) in [6.07, 6.45) is 3.99. The number of nitrogens with one attached hydrogen (secondary N) is 2. The maximum atomic E-state index is 12.2. The van der Waals surface area contributed by atoms with Crippen molar-refractivity contribution in [2.45, 2.75) is 52.4 Å². The fourth-order valence-corrected chi connectivity index (χ4v) is 6.70. The second-order valence-corrected chi connectivity index (χ2v) is 14.8. The molecule has 0 radical (unpaired) electrons. The summed E-state index contributed by atoms with van der Waals surface area (Å²) in [5.41, 5.74) is 0. The van der Waals surface area contributed by atoms with Crippen LogP contribution in [0.4, 0.5) is 0 Å². The minimum absolute atomic E-state index is 0.0384. The molecule has 2 rings (SSSR count). The second kappa shape index (κ2) is 14.5. The van der Waals surface area contributed by atoms with Gasteiger partial charge in [0.15, 0.2) is 19.7 Å². The van der Waals surface area contributed by atoms with Crippen LogP contribution in [0.3, 0.4) is 0 Å². The van der Waals surface area contributed by atoms with Gasteiger partial charge in [-0.05, 0) is 63.7 Å². The summed E-state index contributed by atoms with van der Waals surface area (Å²) in [7, 11) is -6.66. The third-order valence-electron chi connectivity index (χ3n) is 7.04. The Bertz CT molecular complexity index is 806. The second-order valence-electron chi connectivity index (χ2n) is 10.2. The number of likely N-dealkylation sites (tertiary alicyclic amines) is 2. The van der Waals surface area contributed by atoms with Crippen molar-refractivity contribution in [3.8, 4) is 0 Å². The van der Waals surface area contributed by atoms with Crippen LogP contribution in [0.25, 0.3) is 0 Å². The highest BCUT2D eigenvalue weighted by Crippen LogP contribution is 2.16. The van der Waals surface area contributed by atoms with Gasteiger partial charge in [-0.25, -0.2) is 16.8 Å². The van der Waals surface area contributed by atoms with Crippen LogP contribution >= 0.6 is 0 Å². The fourth-order valence-electron chi connectivity index (χ4n) is 4.23. The van der Waals surface area contributed by atoms with Crippen LogP contribution in [-0.4, -0.2) is 107 Å². The topological polar surface area (TPSA) is 133 Å². The van der Waals surface area contributed by atoms with Crippen LogP contribution in [0.1, 0.15) is 52.4 Å². The standard InChI is InChI=1S/C23H44N4O6S2/c1-20-3-9-26(10-4-20)13-17-34(30,31)15-7-22(28)24-19-25-23(29)8-16-35(32,33)18-14-27-11-5-21(2)6-12-27/h20-21H,3-19H2,1-2H3,(H,24,28)(H,25,29). The Hall–Kier alpha value is -1.24. The van der Waals surface area contributed by atoms with Crippen LogP contribution in [0, 0.1) is 11.8 Å². The molecule has 35 heavy (non-hydrogen) atoms. The molecular weight excluding hydrogens is 492 g/mol. The van der Waals surface area contributed by atoms with Gasteiger partial charge in [0.1, 0.15) is 0 Å². The highest BCUT2D eigenvalue weighted by atomic mass is 32.2. The number of hydrogen-bond donors (Lipinski definition) is 2. The zero-order valence-electron chi connectivity index (χ0n) is 21.3. The van der Waals surface area contributed by atoms with Crippen LogP contribution in [0.5, 0.6) is 0 Å². The Morgan fingerprint density at radius 1 is 0.657 bits per heavy atom. The van der Waals surface area contributed by atoms with Crippen molar-refractivity contribution in [3.63, 3.8) is 0 Å². The molecule has 0 atom stereocenters. The van der Waals surface area contributed by atoms with Crippen molar-refractivity contribution in [2.24, 2.45) is 11.8 Å². The van der Waals surface area contributed by atoms with Crippen molar-refractivity contribution in [2.75, 3.05) is 68.9 Å². The van der Waals surface area contributed by atoms with E-state index in [4.69, 9.17) is 0 Å². The van der Waals surface area contributed by atoms with Crippen molar-refractivity contribution in [3.05, 3.63) is 0 Å². The third-order valence-corrected chi connectivity index (χ3v) is 10.3. The number of carbonyl (C=O) groups excluding carboxylic acids is 2. The first kappa shape index (κ1) is 30.0. The number of hydrogen-bond acceptors (Lipinski definition) is 8.